The van der Waals surface area contributed by atoms with E-state index < -0.39 is 0 Å². The minimum atomic E-state index is 0.353. The molecule has 0 bridgehead atoms. The maximum Gasteiger partial charge on any atom is 0.149 e. The van der Waals surface area contributed by atoms with E-state index in [-0.39, 0.29) is 0 Å². The molecule has 0 unspecified atom stereocenters. The van der Waals surface area contributed by atoms with Gasteiger partial charge < -0.3 is 15.0 Å². The molecule has 0 saturated carbocycles. The Labute approximate surface area is 141 Å². The van der Waals surface area contributed by atoms with Crippen LogP contribution in [0.1, 0.15) is 11.3 Å². The molecular formula is C20H18N2O2. The summed E-state index contributed by atoms with van der Waals surface area (Å²) in [5, 5.41) is 4.07. The van der Waals surface area contributed by atoms with Gasteiger partial charge in [0.05, 0.1) is 13.0 Å². The van der Waals surface area contributed by atoms with Gasteiger partial charge in [0.25, 0.3) is 0 Å². The van der Waals surface area contributed by atoms with Gasteiger partial charge in [-0.15, -0.1) is 0 Å². The lowest BCUT2D eigenvalue weighted by Crippen LogP contribution is -1.94. The van der Waals surface area contributed by atoms with Crippen LogP contribution >= 0.6 is 0 Å². The standard InChI is InChI=1S/C20H18N2O2/c21-13-5-4-8-19-14-20(22-24-19)17-9-11-18(12-10-17)23-15-16-6-2-1-3-7-16/h1-3,6-7,9-12,14H,8,13,15,21H2. The Morgan fingerprint density at radius 1 is 1.00 bits per heavy atom. The maximum atomic E-state index is 5.78. The minimum Gasteiger partial charge on any atom is -0.489 e. The highest BCUT2D eigenvalue weighted by atomic mass is 16.5. The summed E-state index contributed by atoms with van der Waals surface area (Å²) in [6.45, 7) is 0.902. The second kappa shape index (κ2) is 8.00. The molecule has 0 amide bonds. The molecule has 0 aliphatic heterocycles. The third-order valence-electron chi connectivity index (χ3n) is 3.45. The van der Waals surface area contributed by atoms with E-state index >= 15 is 0 Å². The molecule has 2 N–H and O–H groups in total. The van der Waals surface area contributed by atoms with Crippen LogP contribution in [0.5, 0.6) is 5.75 Å². The number of rotatable bonds is 5. The molecular weight excluding hydrogens is 300 g/mol. The van der Waals surface area contributed by atoms with Crippen LogP contribution < -0.4 is 10.5 Å². The normalized spacial score (nSPS) is 10.0. The minimum absolute atomic E-state index is 0.353. The van der Waals surface area contributed by atoms with Crippen LogP contribution in [0.15, 0.2) is 65.2 Å². The van der Waals surface area contributed by atoms with E-state index in [1.54, 1.807) is 0 Å². The first-order valence-electron chi connectivity index (χ1n) is 7.73. The molecule has 24 heavy (non-hydrogen) atoms. The molecule has 0 saturated heterocycles. The van der Waals surface area contributed by atoms with Crippen molar-refractivity contribution in [3.8, 4) is 28.8 Å². The Morgan fingerprint density at radius 2 is 1.79 bits per heavy atom. The van der Waals surface area contributed by atoms with Gasteiger partial charge in [-0.1, -0.05) is 47.3 Å². The lowest BCUT2D eigenvalue weighted by atomic mass is 10.1. The zero-order chi connectivity index (χ0) is 16.6. The van der Waals surface area contributed by atoms with Crippen molar-refractivity contribution < 1.29 is 9.26 Å². The number of nitrogens with zero attached hydrogens (tertiary/aromatic N) is 1. The summed E-state index contributed by atoms with van der Waals surface area (Å²) in [5.41, 5.74) is 8.24. The van der Waals surface area contributed by atoms with Gasteiger partial charge in [-0.25, -0.2) is 0 Å². The van der Waals surface area contributed by atoms with E-state index in [1.165, 1.54) is 0 Å². The van der Waals surface area contributed by atoms with Gasteiger partial charge in [-0.05, 0) is 29.8 Å². The van der Waals surface area contributed by atoms with Crippen molar-refractivity contribution in [1.82, 2.24) is 5.16 Å². The largest absolute Gasteiger partial charge is 0.489 e. The van der Waals surface area contributed by atoms with Gasteiger partial charge in [-0.3, -0.25) is 0 Å². The molecule has 0 aliphatic carbocycles. The van der Waals surface area contributed by atoms with Crippen LogP contribution in [0.25, 0.3) is 11.3 Å². The number of hydrogen-bond acceptors (Lipinski definition) is 4. The average molecular weight is 318 g/mol. The van der Waals surface area contributed by atoms with Crippen molar-refractivity contribution in [2.24, 2.45) is 5.73 Å². The summed E-state index contributed by atoms with van der Waals surface area (Å²) in [6, 6.07) is 19.8. The van der Waals surface area contributed by atoms with Crippen LogP contribution in [-0.2, 0) is 13.0 Å². The Morgan fingerprint density at radius 3 is 2.54 bits per heavy atom. The first kappa shape index (κ1) is 15.9. The SMILES string of the molecule is NCC#CCc1cc(-c2ccc(OCc3ccccc3)cc2)no1. The quantitative estimate of drug-likeness (QED) is 0.732. The van der Waals surface area contributed by atoms with Crippen molar-refractivity contribution in [1.29, 1.82) is 0 Å². The number of benzene rings is 2. The number of ether oxygens (including phenoxy) is 1. The molecule has 0 fully saturated rings. The first-order valence-corrected chi connectivity index (χ1v) is 7.73. The molecule has 0 atom stereocenters. The highest BCUT2D eigenvalue weighted by Crippen LogP contribution is 2.23. The zero-order valence-electron chi connectivity index (χ0n) is 13.2. The van der Waals surface area contributed by atoms with Gasteiger partial charge in [-0.2, -0.15) is 0 Å². The van der Waals surface area contributed by atoms with E-state index in [1.807, 2.05) is 60.7 Å². The first-order chi connectivity index (χ1) is 11.8. The third-order valence-corrected chi connectivity index (χ3v) is 3.45. The van der Waals surface area contributed by atoms with Gasteiger partial charge in [0.2, 0.25) is 0 Å². The Balaban J connectivity index is 1.62. The molecule has 0 radical (unpaired) electrons. The van der Waals surface area contributed by atoms with Gasteiger partial charge in [0, 0.05) is 11.6 Å². The van der Waals surface area contributed by atoms with Crippen LogP contribution in [-0.4, -0.2) is 11.7 Å². The summed E-state index contributed by atoms with van der Waals surface area (Å²) in [4.78, 5) is 0. The number of aromatic nitrogens is 1. The van der Waals surface area contributed by atoms with Crippen LogP contribution in [0.3, 0.4) is 0 Å². The molecule has 2 aromatic carbocycles. The Kier molecular flexibility index (Phi) is 5.28. The molecule has 3 rings (SSSR count). The lowest BCUT2D eigenvalue weighted by Gasteiger charge is -2.06. The van der Waals surface area contributed by atoms with E-state index in [0.29, 0.717) is 19.6 Å². The smallest absolute Gasteiger partial charge is 0.149 e. The average Bonchev–Trinajstić information content (AvgIpc) is 3.10. The topological polar surface area (TPSA) is 61.3 Å². The molecule has 120 valence electrons. The van der Waals surface area contributed by atoms with Crippen molar-refractivity contribution in [2.45, 2.75) is 13.0 Å². The van der Waals surface area contributed by atoms with Gasteiger partial charge in [0.1, 0.15) is 23.8 Å². The zero-order valence-corrected chi connectivity index (χ0v) is 13.2. The van der Waals surface area contributed by atoms with Crippen LogP contribution in [0.2, 0.25) is 0 Å². The van der Waals surface area contributed by atoms with E-state index in [0.717, 1.165) is 28.3 Å². The fraction of sp³-hybridized carbons (Fsp3) is 0.150. The van der Waals surface area contributed by atoms with E-state index in [2.05, 4.69) is 17.0 Å². The lowest BCUT2D eigenvalue weighted by molar-refractivity contribution is 0.306. The molecule has 1 heterocycles. The van der Waals surface area contributed by atoms with Crippen molar-refractivity contribution in [2.75, 3.05) is 6.54 Å². The highest BCUT2D eigenvalue weighted by Gasteiger charge is 2.06. The summed E-state index contributed by atoms with van der Waals surface area (Å²) in [6.07, 6.45) is 0.516. The second-order valence-corrected chi connectivity index (χ2v) is 5.21. The summed E-state index contributed by atoms with van der Waals surface area (Å²) >= 11 is 0. The summed E-state index contributed by atoms with van der Waals surface area (Å²) in [7, 11) is 0. The fourth-order valence-electron chi connectivity index (χ4n) is 2.22. The third kappa shape index (κ3) is 4.25. The summed E-state index contributed by atoms with van der Waals surface area (Å²) < 4.78 is 11.1. The van der Waals surface area contributed by atoms with E-state index in [4.69, 9.17) is 15.0 Å². The maximum absolute atomic E-state index is 5.78. The van der Waals surface area contributed by atoms with Gasteiger partial charge in [0.15, 0.2) is 0 Å². The predicted molar refractivity (Wildman–Crippen MR) is 93.2 cm³/mol. The second-order valence-electron chi connectivity index (χ2n) is 5.21. The monoisotopic (exact) mass is 318 g/mol. The molecule has 0 spiro atoms. The predicted octanol–water partition coefficient (Wildman–Crippen LogP) is 3.43. The van der Waals surface area contributed by atoms with Gasteiger partial charge >= 0.3 is 0 Å². The molecule has 4 nitrogen and oxygen atoms in total. The summed E-state index contributed by atoms with van der Waals surface area (Å²) in [5.74, 6) is 7.28. The van der Waals surface area contributed by atoms with E-state index in [9.17, 15) is 0 Å². The van der Waals surface area contributed by atoms with Crippen LogP contribution in [0, 0.1) is 11.8 Å². The fourth-order valence-corrected chi connectivity index (χ4v) is 2.22. The molecule has 0 aliphatic rings. The Bertz CT molecular complexity index is 827. The van der Waals surface area contributed by atoms with Crippen LogP contribution in [0.4, 0.5) is 0 Å². The molecule has 4 heteroatoms. The number of hydrogen-bond donors (Lipinski definition) is 1. The molecule has 1 aromatic heterocycles. The van der Waals surface area contributed by atoms with Crippen molar-refractivity contribution in [3.05, 3.63) is 72.0 Å². The number of nitrogens with two attached hydrogens (primary N) is 1. The highest BCUT2D eigenvalue weighted by molar-refractivity contribution is 5.59. The molecule has 3 aromatic rings. The van der Waals surface area contributed by atoms with Crippen molar-refractivity contribution in [3.63, 3.8) is 0 Å². The van der Waals surface area contributed by atoms with Crippen molar-refractivity contribution >= 4 is 0 Å². The Hall–Kier alpha value is -3.03.